The minimum absolute atomic E-state index is 0.0941. The molecule has 0 amide bonds. The quantitative estimate of drug-likeness (QED) is 0.819. The van der Waals surface area contributed by atoms with E-state index in [4.69, 9.17) is 0 Å². The molecule has 0 fully saturated rings. The predicted molar refractivity (Wildman–Crippen MR) is 68.9 cm³/mol. The van der Waals surface area contributed by atoms with Gasteiger partial charge in [0, 0.05) is 0 Å². The van der Waals surface area contributed by atoms with E-state index in [2.05, 4.69) is 26.0 Å². The smallest absolute Gasteiger partial charge is 0.158 e. The molecule has 1 atom stereocenters. The summed E-state index contributed by atoms with van der Waals surface area (Å²) in [5, 5.41) is 0. The molecule has 0 aliphatic heterocycles. The fraction of sp³-hybridized carbons (Fsp3) is 0.538. The monoisotopic (exact) mass is 240 g/mol. The first-order valence-corrected chi connectivity index (χ1v) is 6.53. The van der Waals surface area contributed by atoms with Crippen molar-refractivity contribution in [3.8, 4) is 0 Å². The Bertz CT molecular complexity index is 369. The molecule has 1 rings (SSSR count). The maximum Gasteiger partial charge on any atom is 0.158 e. The second-order valence-electron chi connectivity index (χ2n) is 5.44. The molecule has 0 saturated heterocycles. The Kier molecular flexibility index (Phi) is 3.92. The summed E-state index contributed by atoms with van der Waals surface area (Å²) >= 11 is -1.80. The number of hydrogen-bond donors (Lipinski definition) is 1. The van der Waals surface area contributed by atoms with Gasteiger partial charge in [0.25, 0.3) is 0 Å². The van der Waals surface area contributed by atoms with E-state index in [0.29, 0.717) is 6.42 Å². The fourth-order valence-corrected chi connectivity index (χ4v) is 2.60. The lowest BCUT2D eigenvalue weighted by atomic mass is 9.77. The molecule has 1 aromatic rings. The first-order valence-electron chi connectivity index (χ1n) is 5.42. The van der Waals surface area contributed by atoms with E-state index in [1.807, 2.05) is 32.0 Å². The second-order valence-corrected chi connectivity index (χ2v) is 7.04. The highest BCUT2D eigenvalue weighted by Crippen LogP contribution is 2.34. The number of rotatable bonds is 4. The van der Waals surface area contributed by atoms with Gasteiger partial charge in [-0.15, -0.1) is 0 Å². The van der Waals surface area contributed by atoms with Gasteiger partial charge in [-0.05, 0) is 31.2 Å². The minimum atomic E-state index is -1.80. The van der Waals surface area contributed by atoms with E-state index >= 15 is 0 Å². The lowest BCUT2D eigenvalue weighted by molar-refractivity contribution is 0.398. The molecule has 1 aromatic carbocycles. The lowest BCUT2D eigenvalue weighted by Gasteiger charge is -2.33. The maximum atomic E-state index is 11.2. The Morgan fingerprint density at radius 1 is 1.12 bits per heavy atom. The van der Waals surface area contributed by atoms with Crippen LogP contribution in [0.2, 0.25) is 0 Å². The zero-order valence-electron chi connectivity index (χ0n) is 10.4. The Labute approximate surface area is 100 Å². The van der Waals surface area contributed by atoms with Gasteiger partial charge in [0.2, 0.25) is 0 Å². The van der Waals surface area contributed by atoms with Gasteiger partial charge in [0.05, 0.1) is 4.75 Å². The highest BCUT2D eigenvalue weighted by Gasteiger charge is 2.34. The summed E-state index contributed by atoms with van der Waals surface area (Å²) in [5.41, 5.74) is 1.11. The summed E-state index contributed by atoms with van der Waals surface area (Å²) in [4.78, 5) is 0. The molecule has 0 saturated carbocycles. The molecule has 0 bridgehead atoms. The van der Waals surface area contributed by atoms with Crippen molar-refractivity contribution in [2.75, 3.05) is 0 Å². The Hall–Kier alpha value is -0.670. The first-order chi connectivity index (χ1) is 7.26. The summed E-state index contributed by atoms with van der Waals surface area (Å²) in [7, 11) is 0. The highest BCUT2D eigenvalue weighted by molar-refractivity contribution is 7.80. The van der Waals surface area contributed by atoms with E-state index in [-0.39, 0.29) is 5.41 Å². The van der Waals surface area contributed by atoms with Crippen LogP contribution in [0.5, 0.6) is 0 Å². The average molecular weight is 240 g/mol. The van der Waals surface area contributed by atoms with Gasteiger partial charge >= 0.3 is 0 Å². The standard InChI is InChI=1S/C13H20O2S/c1-12(2,10-13(3,4)16(14)15)11-8-6-5-7-9-11/h5-9H,10H2,1-4H3,(H,14,15). The van der Waals surface area contributed by atoms with Gasteiger partial charge in [-0.25, -0.2) is 4.21 Å². The van der Waals surface area contributed by atoms with Crippen molar-refractivity contribution in [2.24, 2.45) is 0 Å². The molecule has 0 spiro atoms. The largest absolute Gasteiger partial charge is 0.306 e. The molecule has 1 N–H and O–H groups in total. The van der Waals surface area contributed by atoms with Crippen molar-refractivity contribution in [1.29, 1.82) is 0 Å². The van der Waals surface area contributed by atoms with E-state index < -0.39 is 15.8 Å². The van der Waals surface area contributed by atoms with E-state index in [9.17, 15) is 8.76 Å². The summed E-state index contributed by atoms with van der Waals surface area (Å²) in [5.74, 6) is 0. The van der Waals surface area contributed by atoms with Gasteiger partial charge in [-0.2, -0.15) is 0 Å². The average Bonchev–Trinajstić information content (AvgIpc) is 2.17. The third-order valence-electron chi connectivity index (χ3n) is 2.90. The van der Waals surface area contributed by atoms with Gasteiger partial charge in [-0.3, -0.25) is 0 Å². The van der Waals surface area contributed by atoms with Crippen LogP contribution in [-0.2, 0) is 16.5 Å². The van der Waals surface area contributed by atoms with Crippen LogP contribution in [0, 0.1) is 0 Å². The van der Waals surface area contributed by atoms with Crippen molar-refractivity contribution >= 4 is 11.1 Å². The molecule has 2 nitrogen and oxygen atoms in total. The molecular weight excluding hydrogens is 220 g/mol. The SMILES string of the molecule is CC(C)(CC(C)(C)S(=O)O)c1ccccc1. The van der Waals surface area contributed by atoms with Crippen LogP contribution in [0.4, 0.5) is 0 Å². The van der Waals surface area contributed by atoms with Crippen LogP contribution in [0.1, 0.15) is 39.7 Å². The van der Waals surface area contributed by atoms with Gasteiger partial charge in [0.15, 0.2) is 11.1 Å². The van der Waals surface area contributed by atoms with Crippen LogP contribution in [0.15, 0.2) is 30.3 Å². The third kappa shape index (κ3) is 3.16. The summed E-state index contributed by atoms with van der Waals surface area (Å²) in [6, 6.07) is 10.1. The summed E-state index contributed by atoms with van der Waals surface area (Å²) in [6.45, 7) is 7.87. The fourth-order valence-electron chi connectivity index (χ4n) is 2.12. The van der Waals surface area contributed by atoms with Crippen LogP contribution >= 0.6 is 0 Å². The molecule has 0 aliphatic carbocycles. The zero-order valence-corrected chi connectivity index (χ0v) is 11.2. The van der Waals surface area contributed by atoms with Crippen molar-refractivity contribution in [3.63, 3.8) is 0 Å². The molecule has 3 heteroatoms. The maximum absolute atomic E-state index is 11.2. The van der Waals surface area contributed by atoms with Crippen molar-refractivity contribution in [2.45, 2.75) is 44.3 Å². The normalized spacial score (nSPS) is 14.8. The highest BCUT2D eigenvalue weighted by atomic mass is 32.2. The van der Waals surface area contributed by atoms with E-state index in [0.717, 1.165) is 0 Å². The van der Waals surface area contributed by atoms with Gasteiger partial charge in [-0.1, -0.05) is 44.2 Å². The van der Waals surface area contributed by atoms with Crippen molar-refractivity contribution in [3.05, 3.63) is 35.9 Å². The molecule has 0 radical (unpaired) electrons. The Balaban J connectivity index is 2.92. The molecule has 90 valence electrons. The van der Waals surface area contributed by atoms with E-state index in [1.54, 1.807) is 0 Å². The lowest BCUT2D eigenvalue weighted by Crippen LogP contribution is -2.35. The van der Waals surface area contributed by atoms with Crippen LogP contribution in [0.3, 0.4) is 0 Å². The second kappa shape index (κ2) is 4.68. The van der Waals surface area contributed by atoms with Gasteiger partial charge in [0.1, 0.15) is 0 Å². The van der Waals surface area contributed by atoms with Crippen molar-refractivity contribution < 1.29 is 8.76 Å². The van der Waals surface area contributed by atoms with Crippen LogP contribution in [-0.4, -0.2) is 13.5 Å². The van der Waals surface area contributed by atoms with Crippen LogP contribution in [0.25, 0.3) is 0 Å². The summed E-state index contributed by atoms with van der Waals surface area (Å²) < 4.78 is 19.9. The molecule has 16 heavy (non-hydrogen) atoms. The van der Waals surface area contributed by atoms with Crippen LogP contribution < -0.4 is 0 Å². The molecular formula is C13H20O2S. The first kappa shape index (κ1) is 13.4. The molecule has 0 aromatic heterocycles. The number of hydrogen-bond acceptors (Lipinski definition) is 1. The summed E-state index contributed by atoms with van der Waals surface area (Å²) in [6.07, 6.45) is 0.674. The molecule has 0 aliphatic rings. The molecule has 0 heterocycles. The number of benzene rings is 1. The van der Waals surface area contributed by atoms with Crippen molar-refractivity contribution in [1.82, 2.24) is 0 Å². The van der Waals surface area contributed by atoms with E-state index in [1.165, 1.54) is 5.56 Å². The molecule has 1 unspecified atom stereocenters. The third-order valence-corrected chi connectivity index (χ3v) is 3.99. The minimum Gasteiger partial charge on any atom is -0.306 e. The zero-order chi connectivity index (χ0) is 12.4. The van der Waals surface area contributed by atoms with Gasteiger partial charge < -0.3 is 4.55 Å². The topological polar surface area (TPSA) is 37.3 Å². The Morgan fingerprint density at radius 3 is 2.06 bits per heavy atom. The predicted octanol–water partition coefficient (Wildman–Crippen LogP) is 3.35. The Morgan fingerprint density at radius 2 is 1.62 bits per heavy atom.